The lowest BCUT2D eigenvalue weighted by molar-refractivity contribution is -0.120. The van der Waals surface area contributed by atoms with Gasteiger partial charge in [0.2, 0.25) is 5.91 Å². The summed E-state index contributed by atoms with van der Waals surface area (Å²) in [6.45, 7) is 3.58. The lowest BCUT2D eigenvalue weighted by atomic mass is 9.96. The molecule has 1 aromatic carbocycles. The van der Waals surface area contributed by atoms with Gasteiger partial charge in [-0.3, -0.25) is 4.79 Å². The number of carbonyl (C=O) groups is 1. The molecule has 3 aromatic rings. The van der Waals surface area contributed by atoms with Crippen LogP contribution in [0.4, 0.5) is 17.5 Å². The third kappa shape index (κ3) is 4.54. The van der Waals surface area contributed by atoms with E-state index in [1.54, 1.807) is 0 Å². The highest BCUT2D eigenvalue weighted by Gasteiger charge is 2.26. The van der Waals surface area contributed by atoms with Crippen molar-refractivity contribution in [3.8, 4) is 11.3 Å². The number of hydrogen-bond acceptors (Lipinski definition) is 7. The van der Waals surface area contributed by atoms with Crippen LogP contribution in [0.1, 0.15) is 25.7 Å². The molecule has 8 nitrogen and oxygen atoms in total. The summed E-state index contributed by atoms with van der Waals surface area (Å²) in [5.74, 6) is 2.32. The largest absolute Gasteiger partial charge is 0.356 e. The monoisotopic (exact) mass is 429 g/mol. The molecule has 5 rings (SSSR count). The molecular weight excluding hydrogens is 402 g/mol. The third-order valence-electron chi connectivity index (χ3n) is 6.24. The standard InChI is InChI=1S/C24H27N7O/c32-24(27-21-16-23(26-17-25-21)30-12-4-5-13-30)19-10-14-31(15-11-19)22-9-8-20(28-29-22)18-6-2-1-3-7-18/h1-3,6-9,16-17,19H,4-5,10-15H2,(H,25,26,27,32). The lowest BCUT2D eigenvalue weighted by Gasteiger charge is -2.31. The summed E-state index contributed by atoms with van der Waals surface area (Å²) in [5.41, 5.74) is 1.92. The molecule has 0 spiro atoms. The molecule has 0 saturated carbocycles. The van der Waals surface area contributed by atoms with E-state index in [-0.39, 0.29) is 11.8 Å². The number of nitrogens with one attached hydrogen (secondary N) is 1. The van der Waals surface area contributed by atoms with Gasteiger partial charge < -0.3 is 15.1 Å². The SMILES string of the molecule is O=C(Nc1cc(N2CCCC2)ncn1)C1CCN(c2ccc(-c3ccccc3)nn2)CC1. The van der Waals surface area contributed by atoms with E-state index in [1.165, 1.54) is 19.2 Å². The van der Waals surface area contributed by atoms with Crippen molar-refractivity contribution < 1.29 is 4.79 Å². The first-order chi connectivity index (χ1) is 15.8. The van der Waals surface area contributed by atoms with Gasteiger partial charge in [0, 0.05) is 43.7 Å². The van der Waals surface area contributed by atoms with Gasteiger partial charge >= 0.3 is 0 Å². The summed E-state index contributed by atoms with van der Waals surface area (Å²) >= 11 is 0. The van der Waals surface area contributed by atoms with Gasteiger partial charge in [0.15, 0.2) is 5.82 Å². The zero-order chi connectivity index (χ0) is 21.8. The molecule has 2 fully saturated rings. The van der Waals surface area contributed by atoms with Gasteiger partial charge in [-0.1, -0.05) is 30.3 Å². The second kappa shape index (κ2) is 9.30. The first-order valence-corrected chi connectivity index (χ1v) is 11.3. The molecule has 0 bridgehead atoms. The maximum Gasteiger partial charge on any atom is 0.228 e. The number of benzene rings is 1. The fraction of sp³-hybridized carbons (Fsp3) is 0.375. The molecule has 0 aliphatic carbocycles. The molecule has 0 unspecified atom stereocenters. The fourth-order valence-electron chi connectivity index (χ4n) is 4.39. The van der Waals surface area contributed by atoms with Crippen LogP contribution in [0.25, 0.3) is 11.3 Å². The first kappa shape index (κ1) is 20.4. The maximum absolute atomic E-state index is 12.8. The molecule has 1 amide bonds. The molecule has 0 radical (unpaired) electrons. The lowest BCUT2D eigenvalue weighted by Crippen LogP contribution is -2.38. The van der Waals surface area contributed by atoms with Gasteiger partial charge in [-0.15, -0.1) is 10.2 Å². The van der Waals surface area contributed by atoms with Crippen LogP contribution in [0.15, 0.2) is 54.9 Å². The highest BCUT2D eigenvalue weighted by Crippen LogP contribution is 2.25. The predicted octanol–water partition coefficient (Wildman–Crippen LogP) is 3.39. The molecular formula is C24H27N7O. The summed E-state index contributed by atoms with van der Waals surface area (Å²) in [6.07, 6.45) is 5.45. The minimum absolute atomic E-state index is 0.0289. The Hall–Kier alpha value is -3.55. The Labute approximate surface area is 187 Å². The van der Waals surface area contributed by atoms with Gasteiger partial charge in [-0.2, -0.15) is 0 Å². The van der Waals surface area contributed by atoms with E-state index < -0.39 is 0 Å². The number of anilines is 3. The molecule has 4 heterocycles. The number of nitrogens with zero attached hydrogens (tertiary/aromatic N) is 6. The van der Waals surface area contributed by atoms with Crippen LogP contribution < -0.4 is 15.1 Å². The van der Waals surface area contributed by atoms with Gasteiger partial charge in [0.05, 0.1) is 5.69 Å². The summed E-state index contributed by atoms with van der Waals surface area (Å²) in [6, 6.07) is 15.9. The number of carbonyl (C=O) groups excluding carboxylic acids is 1. The van der Waals surface area contributed by atoms with Crippen molar-refractivity contribution in [3.63, 3.8) is 0 Å². The van der Waals surface area contributed by atoms with Crippen molar-refractivity contribution in [3.05, 3.63) is 54.9 Å². The highest BCUT2D eigenvalue weighted by atomic mass is 16.2. The Kier molecular flexibility index (Phi) is 5.91. The number of aromatic nitrogens is 4. The van der Waals surface area contributed by atoms with E-state index >= 15 is 0 Å². The van der Waals surface area contributed by atoms with E-state index in [2.05, 4.69) is 35.3 Å². The zero-order valence-electron chi connectivity index (χ0n) is 18.0. The van der Waals surface area contributed by atoms with Crippen molar-refractivity contribution in [1.29, 1.82) is 0 Å². The first-order valence-electron chi connectivity index (χ1n) is 11.3. The second-order valence-corrected chi connectivity index (χ2v) is 8.35. The number of amides is 1. The quantitative estimate of drug-likeness (QED) is 0.665. The van der Waals surface area contributed by atoms with Crippen LogP contribution in [0.5, 0.6) is 0 Å². The van der Waals surface area contributed by atoms with Crippen LogP contribution in [0.3, 0.4) is 0 Å². The normalized spacial score (nSPS) is 16.9. The molecule has 32 heavy (non-hydrogen) atoms. The molecule has 2 aliphatic rings. The van der Waals surface area contributed by atoms with Gasteiger partial charge in [-0.05, 0) is 37.8 Å². The van der Waals surface area contributed by atoms with Crippen LogP contribution >= 0.6 is 0 Å². The van der Waals surface area contributed by atoms with Crippen molar-refractivity contribution >= 4 is 23.4 Å². The number of hydrogen-bond donors (Lipinski definition) is 1. The Morgan fingerprint density at radius 1 is 0.844 bits per heavy atom. The van der Waals surface area contributed by atoms with Crippen LogP contribution in [-0.2, 0) is 4.79 Å². The second-order valence-electron chi connectivity index (χ2n) is 8.35. The van der Waals surface area contributed by atoms with Crippen LogP contribution in [-0.4, -0.2) is 52.3 Å². The Balaban J connectivity index is 1.16. The molecule has 8 heteroatoms. The average molecular weight is 430 g/mol. The smallest absolute Gasteiger partial charge is 0.228 e. The Bertz CT molecular complexity index is 1040. The van der Waals surface area contributed by atoms with E-state index in [1.807, 2.05) is 48.5 Å². The van der Waals surface area contributed by atoms with Gasteiger partial charge in [-0.25, -0.2) is 9.97 Å². The average Bonchev–Trinajstić information content (AvgIpc) is 3.40. The predicted molar refractivity (Wildman–Crippen MR) is 125 cm³/mol. The summed E-state index contributed by atoms with van der Waals surface area (Å²) in [5, 5.41) is 11.8. The Morgan fingerprint density at radius 2 is 1.59 bits per heavy atom. The van der Waals surface area contributed by atoms with Crippen LogP contribution in [0, 0.1) is 5.92 Å². The van der Waals surface area contributed by atoms with Crippen LogP contribution in [0.2, 0.25) is 0 Å². The minimum atomic E-state index is -0.0343. The van der Waals surface area contributed by atoms with E-state index in [4.69, 9.17) is 0 Å². The molecule has 2 aromatic heterocycles. The summed E-state index contributed by atoms with van der Waals surface area (Å²) in [4.78, 5) is 25.8. The van der Waals surface area contributed by atoms with Crippen molar-refractivity contribution in [2.24, 2.45) is 5.92 Å². The minimum Gasteiger partial charge on any atom is -0.356 e. The van der Waals surface area contributed by atoms with E-state index in [9.17, 15) is 4.79 Å². The molecule has 0 atom stereocenters. The number of rotatable bonds is 5. The molecule has 1 N–H and O–H groups in total. The summed E-state index contributed by atoms with van der Waals surface area (Å²) in [7, 11) is 0. The fourth-order valence-corrected chi connectivity index (χ4v) is 4.39. The molecule has 164 valence electrons. The van der Waals surface area contributed by atoms with E-state index in [0.29, 0.717) is 5.82 Å². The van der Waals surface area contributed by atoms with E-state index in [0.717, 1.165) is 61.9 Å². The Morgan fingerprint density at radius 3 is 2.31 bits per heavy atom. The van der Waals surface area contributed by atoms with Gasteiger partial charge in [0.1, 0.15) is 18.0 Å². The highest BCUT2D eigenvalue weighted by molar-refractivity contribution is 5.92. The maximum atomic E-state index is 12.8. The van der Waals surface area contributed by atoms with Gasteiger partial charge in [0.25, 0.3) is 0 Å². The van der Waals surface area contributed by atoms with Crippen molar-refractivity contribution in [1.82, 2.24) is 20.2 Å². The van der Waals surface area contributed by atoms with Crippen molar-refractivity contribution in [2.75, 3.05) is 41.3 Å². The molecule has 2 saturated heterocycles. The summed E-state index contributed by atoms with van der Waals surface area (Å²) < 4.78 is 0. The number of piperidine rings is 1. The van der Waals surface area contributed by atoms with Crippen molar-refractivity contribution in [2.45, 2.75) is 25.7 Å². The molecule has 2 aliphatic heterocycles. The third-order valence-corrected chi connectivity index (χ3v) is 6.24. The topological polar surface area (TPSA) is 87.1 Å². The zero-order valence-corrected chi connectivity index (χ0v) is 18.0.